The van der Waals surface area contributed by atoms with Gasteiger partial charge in [0.1, 0.15) is 0 Å². The van der Waals surface area contributed by atoms with E-state index >= 15 is 0 Å². The molecule has 1 N–H and O–H groups in total. The van der Waals surface area contributed by atoms with Gasteiger partial charge in [-0.15, -0.1) is 0 Å². The molecule has 1 saturated heterocycles. The quantitative estimate of drug-likeness (QED) is 0.832. The van der Waals surface area contributed by atoms with E-state index in [-0.39, 0.29) is 5.54 Å². The van der Waals surface area contributed by atoms with Crippen molar-refractivity contribution in [2.75, 3.05) is 19.6 Å². The summed E-state index contributed by atoms with van der Waals surface area (Å²) in [4.78, 5) is 14.7. The number of nitrogens with zero attached hydrogens (tertiary/aromatic N) is 1. The predicted octanol–water partition coefficient (Wildman–Crippen LogP) is 1.76. The number of hydrogen-bond donors (Lipinski definition) is 1. The zero-order valence-corrected chi connectivity index (χ0v) is 11.6. The van der Waals surface area contributed by atoms with E-state index in [4.69, 9.17) is 0 Å². The van der Waals surface area contributed by atoms with E-state index in [0.29, 0.717) is 12.3 Å². The van der Waals surface area contributed by atoms with Crippen molar-refractivity contribution in [3.05, 3.63) is 35.4 Å². The highest BCUT2D eigenvalue weighted by molar-refractivity contribution is 5.80. The van der Waals surface area contributed by atoms with Gasteiger partial charge in [0, 0.05) is 12.1 Å². The number of carbonyl (C=O) groups excluding carboxylic acids is 1. The highest BCUT2D eigenvalue weighted by Crippen LogP contribution is 2.29. The van der Waals surface area contributed by atoms with Crippen molar-refractivity contribution in [2.24, 2.45) is 0 Å². The Balaban J connectivity index is 1.84. The van der Waals surface area contributed by atoms with Crippen LogP contribution in [-0.4, -0.2) is 36.0 Å². The first-order valence-corrected chi connectivity index (χ1v) is 7.27. The minimum absolute atomic E-state index is 0.0460. The van der Waals surface area contributed by atoms with Crippen molar-refractivity contribution in [2.45, 2.75) is 38.1 Å². The van der Waals surface area contributed by atoms with Gasteiger partial charge < -0.3 is 10.2 Å². The summed E-state index contributed by atoms with van der Waals surface area (Å²) in [5.74, 6) is 0.300. The fourth-order valence-corrected chi connectivity index (χ4v) is 3.40. The first-order chi connectivity index (χ1) is 9.19. The molecular weight excluding hydrogens is 236 g/mol. The first kappa shape index (κ1) is 12.7. The normalized spacial score (nSPS) is 22.8. The minimum atomic E-state index is 0.0460. The Morgan fingerprint density at radius 2 is 1.84 bits per heavy atom. The summed E-state index contributed by atoms with van der Waals surface area (Å²) in [6, 6.07) is 8.37. The molecule has 3 heteroatoms. The van der Waals surface area contributed by atoms with Crippen LogP contribution in [0.2, 0.25) is 0 Å². The van der Waals surface area contributed by atoms with Gasteiger partial charge in [-0.05, 0) is 50.4 Å². The van der Waals surface area contributed by atoms with Crippen LogP contribution in [0.1, 0.15) is 30.9 Å². The number of nitrogens with one attached hydrogen (secondary N) is 1. The molecule has 3 rings (SSSR count). The molecule has 102 valence electrons. The molecular formula is C16H22N2O. The van der Waals surface area contributed by atoms with E-state index in [9.17, 15) is 4.79 Å². The summed E-state index contributed by atoms with van der Waals surface area (Å²) in [7, 11) is 0. The summed E-state index contributed by atoms with van der Waals surface area (Å²) < 4.78 is 0. The largest absolute Gasteiger partial charge is 0.337 e. The number of benzene rings is 1. The molecule has 0 aliphatic carbocycles. The molecule has 0 bridgehead atoms. The molecule has 2 aliphatic heterocycles. The molecule has 1 fully saturated rings. The zero-order chi connectivity index (χ0) is 13.3. The molecule has 1 aromatic rings. The average Bonchev–Trinajstić information content (AvgIpc) is 2.58. The molecule has 0 aromatic heterocycles. The lowest BCUT2D eigenvalue weighted by Crippen LogP contribution is -2.55. The lowest BCUT2D eigenvalue weighted by Gasteiger charge is -2.44. The first-order valence-electron chi connectivity index (χ1n) is 7.27. The fourth-order valence-electron chi connectivity index (χ4n) is 3.40. The summed E-state index contributed by atoms with van der Waals surface area (Å²) in [6.07, 6.45) is 3.69. The zero-order valence-electron chi connectivity index (χ0n) is 11.6. The van der Waals surface area contributed by atoms with Crippen LogP contribution in [0.5, 0.6) is 0 Å². The Labute approximate surface area is 115 Å². The third-order valence-electron chi connectivity index (χ3n) is 4.70. The summed E-state index contributed by atoms with van der Waals surface area (Å²) >= 11 is 0. The van der Waals surface area contributed by atoms with E-state index in [2.05, 4.69) is 35.3 Å². The molecule has 0 unspecified atom stereocenters. The second kappa shape index (κ2) is 4.97. The van der Waals surface area contributed by atoms with Crippen molar-refractivity contribution in [3.8, 4) is 0 Å². The molecule has 2 aliphatic rings. The molecule has 0 atom stereocenters. The maximum absolute atomic E-state index is 12.6. The Morgan fingerprint density at radius 3 is 2.58 bits per heavy atom. The summed E-state index contributed by atoms with van der Waals surface area (Å²) in [5, 5.41) is 3.39. The molecule has 0 saturated carbocycles. The average molecular weight is 258 g/mol. The van der Waals surface area contributed by atoms with Crippen LogP contribution in [0.4, 0.5) is 0 Å². The van der Waals surface area contributed by atoms with Crippen LogP contribution in [0.25, 0.3) is 0 Å². The van der Waals surface area contributed by atoms with Gasteiger partial charge >= 0.3 is 0 Å². The highest BCUT2D eigenvalue weighted by Gasteiger charge is 2.37. The van der Waals surface area contributed by atoms with E-state index in [1.165, 1.54) is 11.1 Å². The van der Waals surface area contributed by atoms with Gasteiger partial charge in [0.05, 0.1) is 6.42 Å². The van der Waals surface area contributed by atoms with Crippen LogP contribution in [0.3, 0.4) is 0 Å². The maximum Gasteiger partial charge on any atom is 0.227 e. The number of carbonyl (C=O) groups is 1. The van der Waals surface area contributed by atoms with Crippen LogP contribution in [0, 0.1) is 0 Å². The number of amides is 1. The lowest BCUT2D eigenvalue weighted by atomic mass is 9.88. The molecule has 1 aromatic carbocycles. The number of hydrogen-bond acceptors (Lipinski definition) is 2. The molecule has 1 amide bonds. The van der Waals surface area contributed by atoms with E-state index in [1.807, 2.05) is 6.07 Å². The van der Waals surface area contributed by atoms with Gasteiger partial charge in [-0.1, -0.05) is 24.3 Å². The van der Waals surface area contributed by atoms with Gasteiger partial charge in [0.2, 0.25) is 5.91 Å². The van der Waals surface area contributed by atoms with Crippen molar-refractivity contribution in [1.29, 1.82) is 0 Å². The van der Waals surface area contributed by atoms with Crippen LogP contribution >= 0.6 is 0 Å². The van der Waals surface area contributed by atoms with Gasteiger partial charge in [-0.25, -0.2) is 0 Å². The molecule has 0 spiro atoms. The van der Waals surface area contributed by atoms with Gasteiger partial charge in [0.15, 0.2) is 0 Å². The monoisotopic (exact) mass is 258 g/mol. The number of fused-ring (bicyclic) bond motifs is 1. The lowest BCUT2D eigenvalue weighted by molar-refractivity contribution is -0.137. The van der Waals surface area contributed by atoms with Crippen molar-refractivity contribution in [1.82, 2.24) is 10.2 Å². The molecule has 19 heavy (non-hydrogen) atoms. The van der Waals surface area contributed by atoms with Crippen molar-refractivity contribution < 1.29 is 4.79 Å². The Morgan fingerprint density at radius 1 is 1.16 bits per heavy atom. The fraction of sp³-hybridized carbons (Fsp3) is 0.562. The van der Waals surface area contributed by atoms with E-state index < -0.39 is 0 Å². The van der Waals surface area contributed by atoms with E-state index in [1.54, 1.807) is 0 Å². The molecule has 2 heterocycles. The van der Waals surface area contributed by atoms with Gasteiger partial charge in [-0.2, -0.15) is 0 Å². The molecule has 0 radical (unpaired) electrons. The second-order valence-corrected chi connectivity index (χ2v) is 5.99. The van der Waals surface area contributed by atoms with Crippen molar-refractivity contribution in [3.63, 3.8) is 0 Å². The predicted molar refractivity (Wildman–Crippen MR) is 76.1 cm³/mol. The Kier molecular flexibility index (Phi) is 3.31. The van der Waals surface area contributed by atoms with Gasteiger partial charge in [0.25, 0.3) is 0 Å². The smallest absolute Gasteiger partial charge is 0.227 e. The van der Waals surface area contributed by atoms with Gasteiger partial charge in [-0.3, -0.25) is 4.79 Å². The standard InChI is InChI=1S/C16H22N2O/c1-16(7-9-17-10-8-16)18-11-6-13-4-2-3-5-14(13)12-15(18)19/h2-5,17H,6-12H2,1H3. The summed E-state index contributed by atoms with van der Waals surface area (Å²) in [5.41, 5.74) is 2.60. The second-order valence-electron chi connectivity index (χ2n) is 5.99. The maximum atomic E-state index is 12.6. The highest BCUT2D eigenvalue weighted by atomic mass is 16.2. The third-order valence-corrected chi connectivity index (χ3v) is 4.70. The minimum Gasteiger partial charge on any atom is -0.337 e. The van der Waals surface area contributed by atoms with Crippen LogP contribution < -0.4 is 5.32 Å². The Bertz CT molecular complexity index is 477. The van der Waals surface area contributed by atoms with Crippen LogP contribution in [-0.2, 0) is 17.6 Å². The number of rotatable bonds is 1. The molecule has 3 nitrogen and oxygen atoms in total. The Hall–Kier alpha value is -1.35. The third kappa shape index (κ3) is 2.39. The summed E-state index contributed by atoms with van der Waals surface area (Å²) in [6.45, 7) is 5.16. The topological polar surface area (TPSA) is 32.3 Å². The SMILES string of the molecule is CC1(N2CCc3ccccc3CC2=O)CCNCC1. The van der Waals surface area contributed by atoms with Crippen molar-refractivity contribution >= 4 is 5.91 Å². The number of piperidine rings is 1. The van der Waals surface area contributed by atoms with Crippen LogP contribution in [0.15, 0.2) is 24.3 Å². The van der Waals surface area contributed by atoms with E-state index in [0.717, 1.165) is 38.9 Å².